The van der Waals surface area contributed by atoms with Crippen molar-refractivity contribution in [2.75, 3.05) is 5.32 Å². The molecule has 9 nitrogen and oxygen atoms in total. The minimum Gasteiger partial charge on any atom is -0.447 e. The van der Waals surface area contributed by atoms with Gasteiger partial charge in [-0.1, -0.05) is 29.8 Å². The molecule has 2 aromatic heterocycles. The molecular weight excluding hydrogens is 458 g/mol. The molecule has 1 atom stereocenters. The second-order valence-electron chi connectivity index (χ2n) is 8.24. The number of ether oxygens (including phenoxy) is 1. The van der Waals surface area contributed by atoms with Gasteiger partial charge in [-0.3, -0.25) is 24.2 Å². The van der Waals surface area contributed by atoms with E-state index >= 15 is 0 Å². The number of fused-ring (bicyclic) bond motifs is 2. The average Bonchev–Trinajstić information content (AvgIpc) is 3.32. The Morgan fingerprint density at radius 1 is 1.18 bits per heavy atom. The maximum absolute atomic E-state index is 12.9. The summed E-state index contributed by atoms with van der Waals surface area (Å²) >= 11 is 6.49. The highest BCUT2D eigenvalue weighted by Crippen LogP contribution is 2.35. The van der Waals surface area contributed by atoms with Gasteiger partial charge in [-0.05, 0) is 32.1 Å². The summed E-state index contributed by atoms with van der Waals surface area (Å²) < 4.78 is 6.75. The van der Waals surface area contributed by atoms with E-state index in [1.807, 2.05) is 0 Å². The molecule has 0 bridgehead atoms. The molecule has 1 aliphatic carbocycles. The number of anilines is 1. The zero-order valence-electron chi connectivity index (χ0n) is 18.4. The number of imidazole rings is 1. The van der Waals surface area contributed by atoms with Gasteiger partial charge in [0.05, 0.1) is 40.9 Å². The first-order chi connectivity index (χ1) is 16.3. The molecule has 0 fully saturated rings. The van der Waals surface area contributed by atoms with Gasteiger partial charge in [0, 0.05) is 29.4 Å². The van der Waals surface area contributed by atoms with E-state index in [1.54, 1.807) is 67.1 Å². The van der Waals surface area contributed by atoms with Gasteiger partial charge in [0.25, 0.3) is 11.8 Å². The zero-order chi connectivity index (χ0) is 24.0. The average molecular weight is 478 g/mol. The summed E-state index contributed by atoms with van der Waals surface area (Å²) in [5.74, 6) is -0.247. The van der Waals surface area contributed by atoms with Crippen molar-refractivity contribution < 1.29 is 19.1 Å². The highest BCUT2D eigenvalue weighted by Gasteiger charge is 2.40. The molecule has 3 amide bonds. The lowest BCUT2D eigenvalue weighted by molar-refractivity contribution is 0.0616. The van der Waals surface area contributed by atoms with Crippen LogP contribution in [-0.4, -0.2) is 49.3 Å². The Kier molecular flexibility index (Phi) is 5.41. The second kappa shape index (κ2) is 8.42. The molecule has 0 saturated heterocycles. The van der Waals surface area contributed by atoms with Crippen molar-refractivity contribution in [3.8, 4) is 0 Å². The first-order valence-corrected chi connectivity index (χ1v) is 11.1. The summed E-state index contributed by atoms with van der Waals surface area (Å²) in [6, 6.07) is 6.29. The Morgan fingerprint density at radius 2 is 1.88 bits per heavy atom. The summed E-state index contributed by atoms with van der Waals surface area (Å²) in [6.45, 7) is 3.52. The SMILES string of the molecule is CC(C)OC(=O)Nc1cnc2nc(C3=C(Cl)C=CC(N4C(=O)c5ccccc5C4=O)C3)cn2c1. The van der Waals surface area contributed by atoms with Gasteiger partial charge in [0.1, 0.15) is 0 Å². The molecule has 3 aromatic rings. The molecule has 172 valence electrons. The van der Waals surface area contributed by atoms with Gasteiger partial charge >= 0.3 is 6.09 Å². The number of rotatable bonds is 4. The number of hydrogen-bond donors (Lipinski definition) is 1. The number of nitrogens with one attached hydrogen (secondary N) is 1. The van der Waals surface area contributed by atoms with Gasteiger partial charge in [-0.15, -0.1) is 0 Å². The van der Waals surface area contributed by atoms with Crippen molar-refractivity contribution >= 4 is 46.5 Å². The number of benzene rings is 1. The second-order valence-corrected chi connectivity index (χ2v) is 8.65. The molecule has 2 aliphatic rings. The van der Waals surface area contributed by atoms with Crippen molar-refractivity contribution in [2.45, 2.75) is 32.4 Å². The lowest BCUT2D eigenvalue weighted by Gasteiger charge is -2.27. The molecule has 0 radical (unpaired) electrons. The molecule has 3 heterocycles. The first kappa shape index (κ1) is 21.8. The fourth-order valence-electron chi connectivity index (χ4n) is 4.04. The lowest BCUT2D eigenvalue weighted by Crippen LogP contribution is -2.39. The van der Waals surface area contributed by atoms with E-state index in [0.29, 0.717) is 45.3 Å². The maximum atomic E-state index is 12.9. The molecule has 34 heavy (non-hydrogen) atoms. The third-order valence-corrected chi connectivity index (χ3v) is 5.89. The van der Waals surface area contributed by atoms with Crippen LogP contribution in [0.5, 0.6) is 0 Å². The monoisotopic (exact) mass is 477 g/mol. The molecule has 0 saturated carbocycles. The molecule has 5 rings (SSSR count). The Bertz CT molecular complexity index is 1370. The quantitative estimate of drug-likeness (QED) is 0.563. The third-order valence-electron chi connectivity index (χ3n) is 5.53. The van der Waals surface area contributed by atoms with E-state index in [2.05, 4.69) is 15.3 Å². The van der Waals surface area contributed by atoms with Crippen LogP contribution >= 0.6 is 11.6 Å². The number of carbonyl (C=O) groups excluding carboxylic acids is 3. The number of hydrogen-bond acceptors (Lipinski definition) is 6. The van der Waals surface area contributed by atoms with Crippen LogP contribution in [0, 0.1) is 0 Å². The van der Waals surface area contributed by atoms with Crippen LogP contribution in [0.25, 0.3) is 11.4 Å². The lowest BCUT2D eigenvalue weighted by atomic mass is 9.97. The largest absolute Gasteiger partial charge is 0.447 e. The third kappa shape index (κ3) is 3.84. The summed E-state index contributed by atoms with van der Waals surface area (Å²) in [7, 11) is 0. The van der Waals surface area contributed by atoms with Gasteiger partial charge in [-0.2, -0.15) is 0 Å². The van der Waals surface area contributed by atoms with Crippen LogP contribution in [0.2, 0.25) is 0 Å². The zero-order valence-corrected chi connectivity index (χ0v) is 19.1. The molecular formula is C24H20ClN5O4. The first-order valence-electron chi connectivity index (χ1n) is 10.7. The van der Waals surface area contributed by atoms with Crippen LogP contribution in [-0.2, 0) is 4.74 Å². The normalized spacial score (nSPS) is 17.6. The van der Waals surface area contributed by atoms with Gasteiger partial charge in [-0.25, -0.2) is 14.8 Å². The summed E-state index contributed by atoms with van der Waals surface area (Å²) in [4.78, 5) is 47.8. The fraction of sp³-hybridized carbons (Fsp3) is 0.208. The predicted molar refractivity (Wildman–Crippen MR) is 125 cm³/mol. The standard InChI is InChI=1S/C24H20ClN5O4/c1-13(2)34-24(33)27-14-10-26-23-28-20(12-29(23)11-14)18-9-15(7-8-19(18)25)30-21(31)16-5-3-4-6-17(16)22(30)32/h3-8,10-13,15H,9H2,1-2H3,(H,27,33). The van der Waals surface area contributed by atoms with Crippen LogP contribution in [0.15, 0.2) is 60.0 Å². The van der Waals surface area contributed by atoms with Crippen LogP contribution in [0.1, 0.15) is 46.7 Å². The van der Waals surface area contributed by atoms with Crippen molar-refractivity contribution in [3.05, 3.63) is 76.9 Å². The molecule has 10 heteroatoms. The minimum absolute atomic E-state index is 0.250. The maximum Gasteiger partial charge on any atom is 0.411 e. The summed E-state index contributed by atoms with van der Waals surface area (Å²) in [5, 5.41) is 3.09. The Hall–Kier alpha value is -3.98. The molecule has 1 unspecified atom stereocenters. The van der Waals surface area contributed by atoms with E-state index in [1.165, 1.54) is 11.1 Å². The smallest absolute Gasteiger partial charge is 0.411 e. The molecule has 1 aliphatic heterocycles. The Morgan fingerprint density at radius 3 is 2.56 bits per heavy atom. The topological polar surface area (TPSA) is 106 Å². The molecule has 1 aromatic carbocycles. The number of carbonyl (C=O) groups is 3. The van der Waals surface area contributed by atoms with Crippen molar-refractivity contribution in [1.29, 1.82) is 0 Å². The van der Waals surface area contributed by atoms with E-state index in [0.717, 1.165) is 0 Å². The van der Waals surface area contributed by atoms with Gasteiger partial charge < -0.3 is 4.74 Å². The number of nitrogens with zero attached hydrogens (tertiary/aromatic N) is 4. The fourth-order valence-corrected chi connectivity index (χ4v) is 4.29. The van der Waals surface area contributed by atoms with Crippen LogP contribution < -0.4 is 5.32 Å². The highest BCUT2D eigenvalue weighted by atomic mass is 35.5. The van der Waals surface area contributed by atoms with Crippen molar-refractivity contribution in [1.82, 2.24) is 19.3 Å². The Labute approximate surface area is 199 Å². The number of aromatic nitrogens is 3. The van der Waals surface area contributed by atoms with E-state index in [4.69, 9.17) is 16.3 Å². The number of allylic oxidation sites excluding steroid dienone is 2. The summed E-state index contributed by atoms with van der Waals surface area (Å²) in [5.41, 5.74) is 2.48. The van der Waals surface area contributed by atoms with Crippen molar-refractivity contribution in [2.24, 2.45) is 0 Å². The number of amides is 3. The number of imide groups is 1. The highest BCUT2D eigenvalue weighted by molar-refractivity contribution is 6.34. The summed E-state index contributed by atoms with van der Waals surface area (Å²) in [6.07, 6.45) is 7.80. The van der Waals surface area contributed by atoms with E-state index < -0.39 is 12.1 Å². The molecule has 0 spiro atoms. The number of halogens is 1. The Balaban J connectivity index is 1.40. The minimum atomic E-state index is -0.580. The van der Waals surface area contributed by atoms with Gasteiger partial charge in [0.2, 0.25) is 5.78 Å². The van der Waals surface area contributed by atoms with Crippen molar-refractivity contribution in [3.63, 3.8) is 0 Å². The van der Waals surface area contributed by atoms with E-state index in [-0.39, 0.29) is 17.9 Å². The van der Waals surface area contributed by atoms with Gasteiger partial charge in [0.15, 0.2) is 0 Å². The van der Waals surface area contributed by atoms with Crippen LogP contribution in [0.4, 0.5) is 10.5 Å². The van der Waals surface area contributed by atoms with Crippen LogP contribution in [0.3, 0.4) is 0 Å². The molecule has 1 N–H and O–H groups in total. The predicted octanol–water partition coefficient (Wildman–Crippen LogP) is 4.26. The van der Waals surface area contributed by atoms with E-state index in [9.17, 15) is 14.4 Å².